The van der Waals surface area contributed by atoms with E-state index in [0.29, 0.717) is 20.3 Å². The summed E-state index contributed by atoms with van der Waals surface area (Å²) in [5, 5.41) is 27.0. The molecule has 1 heterocycles. The molecule has 0 unspecified atom stereocenters. The lowest BCUT2D eigenvalue weighted by atomic mass is 10.2. The second-order valence-corrected chi connectivity index (χ2v) is 7.76. The summed E-state index contributed by atoms with van der Waals surface area (Å²) in [7, 11) is 0. The van der Waals surface area contributed by atoms with Crippen molar-refractivity contribution in [1.82, 2.24) is 0 Å². The minimum absolute atomic E-state index is 0.0123. The molecule has 3 aromatic rings. The fourth-order valence-corrected chi connectivity index (χ4v) is 3.61. The van der Waals surface area contributed by atoms with E-state index in [9.17, 15) is 20.2 Å². The smallest absolute Gasteiger partial charge is 0.301 e. The molecule has 0 aliphatic rings. The van der Waals surface area contributed by atoms with Crippen LogP contribution >= 0.6 is 39.3 Å². The molecule has 12 heteroatoms. The van der Waals surface area contributed by atoms with Gasteiger partial charge in [-0.05, 0) is 46.3 Å². The molecule has 0 saturated carbocycles. The fourth-order valence-electron chi connectivity index (χ4n) is 2.16. The van der Waals surface area contributed by atoms with Crippen LogP contribution in [0.25, 0.3) is 0 Å². The van der Waals surface area contributed by atoms with Crippen LogP contribution in [0.15, 0.2) is 72.5 Å². The summed E-state index contributed by atoms with van der Waals surface area (Å²) in [5.74, 6) is 0.394. The van der Waals surface area contributed by atoms with Crippen LogP contribution in [0.1, 0.15) is 5.76 Å². The lowest BCUT2D eigenvalue weighted by molar-refractivity contribution is -0.393. The summed E-state index contributed by atoms with van der Waals surface area (Å²) in [5.41, 5.74) is 1.67. The Kier molecular flexibility index (Phi) is 6.52. The first-order valence-electron chi connectivity index (χ1n) is 7.78. The maximum atomic E-state index is 11.1. The van der Waals surface area contributed by atoms with Gasteiger partial charge in [0.15, 0.2) is 5.09 Å². The fraction of sp³-hybridized carbons (Fsp3) is 0. The Morgan fingerprint density at radius 1 is 1.10 bits per heavy atom. The Morgan fingerprint density at radius 2 is 1.83 bits per heavy atom. The monoisotopic (exact) mass is 496 g/mol. The number of nitrogens with one attached hydrogen (secondary N) is 1. The Balaban J connectivity index is 1.73. The van der Waals surface area contributed by atoms with Crippen molar-refractivity contribution in [2.45, 2.75) is 9.99 Å². The Hall–Kier alpha value is -2.89. The molecule has 29 heavy (non-hydrogen) atoms. The van der Waals surface area contributed by atoms with Crippen LogP contribution in [-0.4, -0.2) is 16.1 Å². The molecule has 3 rings (SSSR count). The number of furan rings is 1. The molecular weight excluding hydrogens is 488 g/mol. The molecule has 0 atom stereocenters. The van der Waals surface area contributed by atoms with Gasteiger partial charge < -0.3 is 4.42 Å². The van der Waals surface area contributed by atoms with E-state index >= 15 is 0 Å². The van der Waals surface area contributed by atoms with Crippen LogP contribution in [0.2, 0.25) is 5.02 Å². The molecule has 0 amide bonds. The van der Waals surface area contributed by atoms with Gasteiger partial charge in [-0.2, -0.15) is 5.10 Å². The van der Waals surface area contributed by atoms with Crippen LogP contribution in [0.4, 0.5) is 17.1 Å². The van der Waals surface area contributed by atoms with Crippen molar-refractivity contribution in [1.29, 1.82) is 0 Å². The number of nitrogens with zero attached hydrogens (tertiary/aromatic N) is 3. The summed E-state index contributed by atoms with van der Waals surface area (Å²) in [6, 6.07) is 12.2. The Morgan fingerprint density at radius 3 is 2.48 bits per heavy atom. The van der Waals surface area contributed by atoms with Crippen LogP contribution in [-0.2, 0) is 0 Å². The number of rotatable bonds is 7. The highest BCUT2D eigenvalue weighted by Gasteiger charge is 2.19. The second-order valence-electron chi connectivity index (χ2n) is 5.43. The Bertz CT molecular complexity index is 1100. The summed E-state index contributed by atoms with van der Waals surface area (Å²) >= 11 is 10.6. The molecule has 0 spiro atoms. The van der Waals surface area contributed by atoms with Crippen molar-refractivity contribution in [3.8, 4) is 0 Å². The topological polar surface area (TPSA) is 124 Å². The van der Waals surface area contributed by atoms with E-state index in [0.717, 1.165) is 17.0 Å². The summed E-state index contributed by atoms with van der Waals surface area (Å²) in [6.45, 7) is 0. The first-order valence-corrected chi connectivity index (χ1v) is 9.77. The van der Waals surface area contributed by atoms with Gasteiger partial charge in [-0.3, -0.25) is 25.7 Å². The SMILES string of the molecule is O=[N+]([O-])c1ccc(N/N=C\c2cc(Br)c(Sc3ccc(Cl)cc3)o2)c([N+](=O)[O-])c1. The number of nitro groups is 2. The number of nitro benzene ring substituents is 2. The molecule has 0 radical (unpaired) electrons. The molecule has 0 aliphatic carbocycles. The molecule has 0 fully saturated rings. The second kappa shape index (κ2) is 9.07. The zero-order valence-electron chi connectivity index (χ0n) is 14.2. The van der Waals surface area contributed by atoms with Crippen molar-refractivity contribution >= 4 is 62.6 Å². The predicted molar refractivity (Wildman–Crippen MR) is 113 cm³/mol. The number of hydrazone groups is 1. The number of hydrogen-bond acceptors (Lipinski definition) is 8. The van der Waals surface area contributed by atoms with Crippen molar-refractivity contribution in [2.24, 2.45) is 5.10 Å². The summed E-state index contributed by atoms with van der Waals surface area (Å²) in [4.78, 5) is 21.4. The highest BCUT2D eigenvalue weighted by atomic mass is 79.9. The van der Waals surface area contributed by atoms with Crippen LogP contribution in [0.5, 0.6) is 0 Å². The van der Waals surface area contributed by atoms with Gasteiger partial charge in [-0.25, -0.2) is 0 Å². The van der Waals surface area contributed by atoms with E-state index in [2.05, 4.69) is 26.5 Å². The van der Waals surface area contributed by atoms with Gasteiger partial charge in [-0.1, -0.05) is 23.4 Å². The normalized spacial score (nSPS) is 11.0. The van der Waals surface area contributed by atoms with Crippen LogP contribution in [0, 0.1) is 20.2 Å². The lowest BCUT2D eigenvalue weighted by Gasteiger charge is -2.01. The average Bonchev–Trinajstić information content (AvgIpc) is 3.02. The van der Waals surface area contributed by atoms with Gasteiger partial charge in [0.2, 0.25) is 0 Å². The zero-order chi connectivity index (χ0) is 21.0. The minimum Gasteiger partial charge on any atom is -0.447 e. The highest BCUT2D eigenvalue weighted by molar-refractivity contribution is 9.10. The number of anilines is 1. The largest absolute Gasteiger partial charge is 0.447 e. The standard InChI is InChI=1S/C17H10BrClN4O5S/c18-14-8-12(28-17(14)29-13-4-1-10(19)2-5-13)9-20-21-15-6-3-11(22(24)25)7-16(15)23(26)27/h1-9,21H/b20-9-. The van der Waals surface area contributed by atoms with Crippen LogP contribution in [0.3, 0.4) is 0 Å². The third kappa shape index (κ3) is 5.34. The quantitative estimate of drug-likeness (QED) is 0.237. The Labute approximate surface area is 181 Å². The van der Waals surface area contributed by atoms with E-state index in [-0.39, 0.29) is 11.4 Å². The van der Waals surface area contributed by atoms with Crippen molar-refractivity contribution in [2.75, 3.05) is 5.43 Å². The van der Waals surface area contributed by atoms with E-state index in [1.165, 1.54) is 24.0 Å². The molecule has 0 aliphatic heterocycles. The van der Waals surface area contributed by atoms with Gasteiger partial charge in [0, 0.05) is 22.1 Å². The number of benzene rings is 2. The molecule has 148 valence electrons. The number of hydrogen-bond donors (Lipinski definition) is 1. The summed E-state index contributed by atoms with van der Waals surface area (Å²) in [6.07, 6.45) is 1.34. The maximum Gasteiger partial charge on any atom is 0.301 e. The van der Waals surface area contributed by atoms with Crippen molar-refractivity contribution in [3.05, 3.63) is 84.0 Å². The highest BCUT2D eigenvalue weighted by Crippen LogP contribution is 2.36. The van der Waals surface area contributed by atoms with E-state index < -0.39 is 15.5 Å². The molecular formula is C17H10BrClN4O5S. The molecule has 1 N–H and O–H groups in total. The van der Waals surface area contributed by atoms with Crippen molar-refractivity contribution in [3.63, 3.8) is 0 Å². The van der Waals surface area contributed by atoms with Crippen LogP contribution < -0.4 is 5.43 Å². The summed E-state index contributed by atoms with van der Waals surface area (Å²) < 4.78 is 6.39. The third-order valence-electron chi connectivity index (χ3n) is 3.46. The van der Waals surface area contributed by atoms with Gasteiger partial charge >= 0.3 is 5.69 Å². The maximum absolute atomic E-state index is 11.1. The van der Waals surface area contributed by atoms with E-state index in [4.69, 9.17) is 16.0 Å². The van der Waals surface area contributed by atoms with Gasteiger partial charge in [0.25, 0.3) is 5.69 Å². The predicted octanol–water partition coefficient (Wildman–Crippen LogP) is 6.11. The molecule has 1 aromatic heterocycles. The molecule has 9 nitrogen and oxygen atoms in total. The number of halogens is 2. The van der Waals surface area contributed by atoms with Gasteiger partial charge in [0.1, 0.15) is 11.4 Å². The molecule has 0 bridgehead atoms. The average molecular weight is 498 g/mol. The van der Waals surface area contributed by atoms with Crippen molar-refractivity contribution < 1.29 is 14.3 Å². The first kappa shape index (κ1) is 20.8. The number of non-ortho nitro benzene ring substituents is 1. The zero-order valence-corrected chi connectivity index (χ0v) is 17.4. The van der Waals surface area contributed by atoms with E-state index in [1.807, 2.05) is 12.1 Å². The van der Waals surface area contributed by atoms with Gasteiger partial charge in [-0.15, -0.1) is 0 Å². The molecule has 2 aromatic carbocycles. The molecule has 0 saturated heterocycles. The first-order chi connectivity index (χ1) is 13.8. The van der Waals surface area contributed by atoms with E-state index in [1.54, 1.807) is 18.2 Å². The third-order valence-corrected chi connectivity index (χ3v) is 5.56. The minimum atomic E-state index is -0.727. The van der Waals surface area contributed by atoms with Gasteiger partial charge in [0.05, 0.1) is 26.6 Å². The lowest BCUT2D eigenvalue weighted by Crippen LogP contribution is -1.98.